The van der Waals surface area contributed by atoms with Crippen molar-refractivity contribution in [3.63, 3.8) is 0 Å². The fraction of sp³-hybridized carbons (Fsp3) is 0.667. The third kappa shape index (κ3) is 8.34. The molecule has 1 heterocycles. The minimum absolute atomic E-state index is 0.110. The maximum atomic E-state index is 12.8. The minimum Gasteiger partial charge on any atom is -0.481 e. The predicted octanol–water partition coefficient (Wildman–Crippen LogP) is -2.54. The van der Waals surface area contributed by atoms with E-state index in [2.05, 4.69) is 10.6 Å². The molecule has 0 bridgehead atoms. The number of hydrogen-bond acceptors (Lipinski definition) is 8. The van der Waals surface area contributed by atoms with Crippen LogP contribution in [0.5, 0.6) is 0 Å². The molecule has 0 aromatic carbocycles. The number of primary amides is 1. The number of hydrogen-bond donors (Lipinski definition) is 6. The van der Waals surface area contributed by atoms with E-state index in [-0.39, 0.29) is 19.4 Å². The molecule has 0 radical (unpaired) electrons. The molecule has 180 valence electrons. The number of likely N-dealkylation sites (tertiary alicyclic amines) is 1. The molecular formula is C18H29N5O8S. The van der Waals surface area contributed by atoms with Crippen LogP contribution in [0.3, 0.4) is 0 Å². The highest BCUT2D eigenvalue weighted by Gasteiger charge is 2.38. The van der Waals surface area contributed by atoms with Crippen LogP contribution in [-0.2, 0) is 28.8 Å². The molecule has 8 N–H and O–H groups in total. The van der Waals surface area contributed by atoms with E-state index in [9.17, 15) is 33.9 Å². The van der Waals surface area contributed by atoms with Crippen molar-refractivity contribution in [2.45, 2.75) is 56.3 Å². The van der Waals surface area contributed by atoms with Crippen LogP contribution in [0.1, 0.15) is 32.1 Å². The number of carbonyl (C=O) groups excluding carboxylic acids is 4. The number of nitrogens with one attached hydrogen (secondary N) is 2. The summed E-state index contributed by atoms with van der Waals surface area (Å²) in [4.78, 5) is 72.5. The number of carboxylic acids is 2. The van der Waals surface area contributed by atoms with E-state index in [1.165, 1.54) is 11.8 Å². The molecule has 1 rings (SSSR count). The van der Waals surface area contributed by atoms with E-state index < -0.39 is 72.6 Å². The lowest BCUT2D eigenvalue weighted by Crippen LogP contribution is -2.57. The lowest BCUT2D eigenvalue weighted by Gasteiger charge is -2.28. The van der Waals surface area contributed by atoms with Gasteiger partial charge in [-0.3, -0.25) is 24.0 Å². The first kappa shape index (κ1) is 27.2. The van der Waals surface area contributed by atoms with Crippen molar-refractivity contribution in [3.8, 4) is 0 Å². The third-order valence-electron chi connectivity index (χ3n) is 4.81. The molecule has 0 saturated carbocycles. The summed E-state index contributed by atoms with van der Waals surface area (Å²) < 4.78 is 0. The monoisotopic (exact) mass is 475 g/mol. The number of thioether (sulfide) groups is 1. The predicted molar refractivity (Wildman–Crippen MR) is 113 cm³/mol. The van der Waals surface area contributed by atoms with Crippen LogP contribution in [0, 0.1) is 0 Å². The Morgan fingerprint density at radius 2 is 1.75 bits per heavy atom. The van der Waals surface area contributed by atoms with Gasteiger partial charge in [-0.25, -0.2) is 4.79 Å². The average molecular weight is 476 g/mol. The Morgan fingerprint density at radius 1 is 1.09 bits per heavy atom. The molecule has 4 amide bonds. The van der Waals surface area contributed by atoms with Crippen molar-refractivity contribution in [2.24, 2.45) is 11.5 Å². The Hall–Kier alpha value is -2.87. The van der Waals surface area contributed by atoms with E-state index in [0.717, 1.165) is 4.90 Å². The molecule has 4 unspecified atom stereocenters. The number of nitrogens with zero attached hydrogens (tertiary/aromatic N) is 1. The summed E-state index contributed by atoms with van der Waals surface area (Å²) in [6.07, 6.45) is 1.39. The molecule has 4 atom stereocenters. The third-order valence-corrected chi connectivity index (χ3v) is 5.46. The molecule has 1 saturated heterocycles. The number of aliphatic carboxylic acids is 2. The molecule has 0 aromatic rings. The first-order valence-electron chi connectivity index (χ1n) is 9.86. The second kappa shape index (κ2) is 12.9. The van der Waals surface area contributed by atoms with Gasteiger partial charge in [0.1, 0.15) is 18.1 Å². The number of amides is 4. The molecule has 13 nitrogen and oxygen atoms in total. The van der Waals surface area contributed by atoms with E-state index in [4.69, 9.17) is 16.6 Å². The number of nitrogens with two attached hydrogens (primary N) is 2. The number of carbonyl (C=O) groups is 6. The van der Waals surface area contributed by atoms with Gasteiger partial charge in [0.05, 0.1) is 18.9 Å². The Morgan fingerprint density at radius 3 is 2.28 bits per heavy atom. The van der Waals surface area contributed by atoms with Gasteiger partial charge in [0, 0.05) is 6.54 Å². The van der Waals surface area contributed by atoms with Gasteiger partial charge in [0.25, 0.3) is 0 Å². The summed E-state index contributed by atoms with van der Waals surface area (Å²) >= 11 is 1.37. The van der Waals surface area contributed by atoms with Gasteiger partial charge in [-0.15, -0.1) is 0 Å². The Balaban J connectivity index is 2.91. The highest BCUT2D eigenvalue weighted by molar-refractivity contribution is 7.98. The summed E-state index contributed by atoms with van der Waals surface area (Å²) in [5, 5.41) is 22.9. The van der Waals surface area contributed by atoms with Crippen molar-refractivity contribution in [1.82, 2.24) is 15.5 Å². The Kier molecular flexibility index (Phi) is 10.9. The zero-order valence-electron chi connectivity index (χ0n) is 17.6. The zero-order valence-corrected chi connectivity index (χ0v) is 18.4. The van der Waals surface area contributed by atoms with Gasteiger partial charge >= 0.3 is 11.9 Å². The first-order valence-corrected chi connectivity index (χ1v) is 11.3. The van der Waals surface area contributed by atoms with Crippen molar-refractivity contribution in [2.75, 3.05) is 18.6 Å². The summed E-state index contributed by atoms with van der Waals surface area (Å²) in [6.45, 7) is 0.189. The second-order valence-corrected chi connectivity index (χ2v) is 8.29. The fourth-order valence-electron chi connectivity index (χ4n) is 3.24. The maximum Gasteiger partial charge on any atom is 0.326 e. The van der Waals surface area contributed by atoms with Gasteiger partial charge in [-0.05, 0) is 31.3 Å². The van der Waals surface area contributed by atoms with Crippen LogP contribution in [0.25, 0.3) is 0 Å². The van der Waals surface area contributed by atoms with E-state index >= 15 is 0 Å². The topological polar surface area (TPSA) is 222 Å². The molecule has 32 heavy (non-hydrogen) atoms. The normalized spacial score (nSPS) is 18.3. The number of rotatable bonds is 13. The summed E-state index contributed by atoms with van der Waals surface area (Å²) in [6, 6.07) is -5.04. The van der Waals surface area contributed by atoms with Gasteiger partial charge in [-0.1, -0.05) is 0 Å². The quantitative estimate of drug-likeness (QED) is 0.164. The van der Waals surface area contributed by atoms with E-state index in [0.29, 0.717) is 12.2 Å². The molecule has 1 aliphatic rings. The van der Waals surface area contributed by atoms with Crippen LogP contribution >= 0.6 is 11.8 Å². The van der Waals surface area contributed by atoms with Gasteiger partial charge in [-0.2, -0.15) is 11.8 Å². The fourth-order valence-corrected chi connectivity index (χ4v) is 3.71. The largest absolute Gasteiger partial charge is 0.481 e. The average Bonchev–Trinajstić information content (AvgIpc) is 3.18. The van der Waals surface area contributed by atoms with Crippen LogP contribution in [0.15, 0.2) is 0 Å². The molecule has 1 fully saturated rings. The summed E-state index contributed by atoms with van der Waals surface area (Å²) in [5.74, 6) is -5.41. The van der Waals surface area contributed by atoms with E-state index in [1.54, 1.807) is 6.26 Å². The second-order valence-electron chi connectivity index (χ2n) is 7.31. The van der Waals surface area contributed by atoms with Crippen LogP contribution in [0.2, 0.25) is 0 Å². The molecule has 1 aliphatic heterocycles. The minimum atomic E-state index is -1.55. The molecule has 0 aliphatic carbocycles. The smallest absolute Gasteiger partial charge is 0.326 e. The van der Waals surface area contributed by atoms with Gasteiger partial charge in [0.15, 0.2) is 0 Å². The van der Waals surface area contributed by atoms with Crippen molar-refractivity contribution in [3.05, 3.63) is 0 Å². The van der Waals surface area contributed by atoms with Crippen molar-refractivity contribution in [1.29, 1.82) is 0 Å². The Labute approximate surface area is 188 Å². The lowest BCUT2D eigenvalue weighted by molar-refractivity contribution is -0.144. The molecule has 0 spiro atoms. The maximum absolute atomic E-state index is 12.8. The highest BCUT2D eigenvalue weighted by atomic mass is 32.2. The molecule has 14 heteroatoms. The summed E-state index contributed by atoms with van der Waals surface area (Å²) in [5.41, 5.74) is 10.7. The SMILES string of the molecule is CSCCC(NC(=O)C(CC(=O)O)NC(=O)C1CCCN1C(=O)C(N)CC(N)=O)C(=O)O. The molecular weight excluding hydrogens is 446 g/mol. The Bertz CT molecular complexity index is 749. The number of carboxylic acid groups (broad SMARTS) is 2. The van der Waals surface area contributed by atoms with Gasteiger partial charge in [0.2, 0.25) is 23.6 Å². The highest BCUT2D eigenvalue weighted by Crippen LogP contribution is 2.19. The molecule has 0 aromatic heterocycles. The van der Waals surface area contributed by atoms with Crippen molar-refractivity contribution < 1.29 is 39.0 Å². The first-order chi connectivity index (χ1) is 15.0. The summed E-state index contributed by atoms with van der Waals surface area (Å²) in [7, 11) is 0. The zero-order chi connectivity index (χ0) is 24.4. The van der Waals surface area contributed by atoms with E-state index in [1.807, 2.05) is 0 Å². The van der Waals surface area contributed by atoms with Crippen LogP contribution < -0.4 is 22.1 Å². The van der Waals surface area contributed by atoms with Crippen LogP contribution in [-0.4, -0.2) is 93.4 Å². The van der Waals surface area contributed by atoms with Crippen molar-refractivity contribution >= 4 is 47.3 Å². The van der Waals surface area contributed by atoms with Gasteiger partial charge < -0.3 is 37.2 Å². The lowest BCUT2D eigenvalue weighted by atomic mass is 10.1. The van der Waals surface area contributed by atoms with Crippen LogP contribution in [0.4, 0.5) is 0 Å². The standard InChI is InChI=1S/C18H29N5O8S/c1-32-6-4-10(18(30)31)21-15(27)11(8-14(25)26)22-16(28)12-3-2-5-23(12)17(29)9(19)7-13(20)24/h9-12H,2-8,19H2,1H3,(H2,20,24)(H,21,27)(H,22,28)(H,25,26)(H,30,31).